The molecule has 0 aliphatic carbocycles. The van der Waals surface area contributed by atoms with Gasteiger partial charge in [-0.15, -0.1) is 0 Å². The van der Waals surface area contributed by atoms with Crippen LogP contribution in [0, 0.1) is 0 Å². The lowest BCUT2D eigenvalue weighted by molar-refractivity contribution is 0.348. The lowest BCUT2D eigenvalue weighted by Crippen LogP contribution is -2.37. The van der Waals surface area contributed by atoms with Crippen LogP contribution in [0.4, 0.5) is 0 Å². The Bertz CT molecular complexity index is 409. The maximum atomic E-state index is 6.01. The number of hydrogen-bond donors (Lipinski definition) is 1. The third kappa shape index (κ3) is 2.16. The molecule has 1 N–H and O–H groups in total. The smallest absolute Gasteiger partial charge is 0.123 e. The first kappa shape index (κ1) is 11.4. The fraction of sp³-hybridized carbons (Fsp3) is 0.571. The molecule has 1 aromatic rings. The van der Waals surface area contributed by atoms with Crippen LogP contribution < -0.4 is 10.1 Å². The van der Waals surface area contributed by atoms with Gasteiger partial charge in [-0.05, 0) is 49.3 Å². The monoisotopic (exact) mass is 251 g/mol. The van der Waals surface area contributed by atoms with Crippen molar-refractivity contribution in [3.05, 3.63) is 28.8 Å². The number of methoxy groups -OCH3 is 1. The van der Waals surface area contributed by atoms with E-state index in [0.29, 0.717) is 18.0 Å². The van der Waals surface area contributed by atoms with E-state index in [1.54, 1.807) is 7.11 Å². The van der Waals surface area contributed by atoms with Crippen molar-refractivity contribution in [2.45, 2.75) is 43.7 Å². The average Bonchev–Trinajstić information content (AvgIpc) is 2.68. The van der Waals surface area contributed by atoms with E-state index in [-0.39, 0.29) is 0 Å². The van der Waals surface area contributed by atoms with E-state index in [0.717, 1.165) is 10.8 Å². The van der Waals surface area contributed by atoms with E-state index >= 15 is 0 Å². The van der Waals surface area contributed by atoms with Gasteiger partial charge in [0.1, 0.15) is 5.75 Å². The van der Waals surface area contributed by atoms with Crippen molar-refractivity contribution in [1.29, 1.82) is 0 Å². The van der Waals surface area contributed by atoms with E-state index in [4.69, 9.17) is 16.3 Å². The third-order valence-electron chi connectivity index (χ3n) is 4.11. The molecule has 2 bridgehead atoms. The molecular weight excluding hydrogens is 234 g/mol. The maximum Gasteiger partial charge on any atom is 0.123 e. The van der Waals surface area contributed by atoms with Crippen LogP contribution >= 0.6 is 11.6 Å². The zero-order valence-electron chi connectivity index (χ0n) is 10.1. The van der Waals surface area contributed by atoms with Gasteiger partial charge in [0.25, 0.3) is 0 Å². The Morgan fingerprint density at radius 1 is 1.24 bits per heavy atom. The van der Waals surface area contributed by atoms with Crippen molar-refractivity contribution in [1.82, 2.24) is 5.32 Å². The van der Waals surface area contributed by atoms with E-state index < -0.39 is 0 Å². The van der Waals surface area contributed by atoms with Crippen LogP contribution in [0.15, 0.2) is 18.2 Å². The first-order valence-corrected chi connectivity index (χ1v) is 6.73. The number of piperidine rings is 1. The number of nitrogens with one attached hydrogen (secondary N) is 1. The highest BCUT2D eigenvalue weighted by molar-refractivity contribution is 6.30. The predicted molar refractivity (Wildman–Crippen MR) is 69.9 cm³/mol. The molecule has 3 heteroatoms. The van der Waals surface area contributed by atoms with Crippen molar-refractivity contribution in [2.75, 3.05) is 7.11 Å². The topological polar surface area (TPSA) is 21.3 Å². The highest BCUT2D eigenvalue weighted by atomic mass is 35.5. The molecule has 2 aliphatic rings. The molecule has 2 heterocycles. The molecule has 3 rings (SSSR count). The second kappa shape index (κ2) is 4.51. The summed E-state index contributed by atoms with van der Waals surface area (Å²) in [5, 5.41) is 4.42. The highest BCUT2D eigenvalue weighted by Gasteiger charge is 2.34. The minimum absolute atomic E-state index is 0.626. The van der Waals surface area contributed by atoms with E-state index in [1.807, 2.05) is 12.1 Å². The van der Waals surface area contributed by atoms with Crippen molar-refractivity contribution < 1.29 is 4.74 Å². The molecule has 1 aromatic carbocycles. The zero-order valence-corrected chi connectivity index (χ0v) is 10.8. The standard InChI is InChI=1S/C14H18ClNO/c1-17-14-8-10(15)2-5-13(14)9-6-11-3-4-12(7-9)16-11/h2,5,8-9,11-12,16H,3-4,6-7H2,1H3. The Labute approximate surface area is 107 Å². The van der Waals surface area contributed by atoms with Crippen molar-refractivity contribution in [3.63, 3.8) is 0 Å². The lowest BCUT2D eigenvalue weighted by Gasteiger charge is -2.30. The Balaban J connectivity index is 1.88. The van der Waals surface area contributed by atoms with Gasteiger partial charge in [-0.3, -0.25) is 0 Å². The normalized spacial score (nSPS) is 31.5. The average molecular weight is 252 g/mol. The molecule has 2 saturated heterocycles. The summed E-state index contributed by atoms with van der Waals surface area (Å²) in [5.74, 6) is 1.57. The van der Waals surface area contributed by atoms with Crippen LogP contribution in [0.3, 0.4) is 0 Å². The highest BCUT2D eigenvalue weighted by Crippen LogP contribution is 2.41. The molecule has 17 heavy (non-hydrogen) atoms. The van der Waals surface area contributed by atoms with Gasteiger partial charge in [-0.1, -0.05) is 17.7 Å². The largest absolute Gasteiger partial charge is 0.496 e. The fourth-order valence-corrected chi connectivity index (χ4v) is 3.50. The van der Waals surface area contributed by atoms with E-state index in [2.05, 4.69) is 11.4 Å². The van der Waals surface area contributed by atoms with Gasteiger partial charge >= 0.3 is 0 Å². The molecule has 0 radical (unpaired) electrons. The molecule has 0 saturated carbocycles. The number of fused-ring (bicyclic) bond motifs is 2. The Kier molecular flexibility index (Phi) is 3.01. The second-order valence-electron chi connectivity index (χ2n) is 5.19. The first-order chi connectivity index (χ1) is 8.26. The molecular formula is C14H18ClNO. The maximum absolute atomic E-state index is 6.01. The third-order valence-corrected chi connectivity index (χ3v) is 4.34. The zero-order chi connectivity index (χ0) is 11.8. The quantitative estimate of drug-likeness (QED) is 0.871. The van der Waals surface area contributed by atoms with Gasteiger partial charge in [-0.2, -0.15) is 0 Å². The summed E-state index contributed by atoms with van der Waals surface area (Å²) in [6.07, 6.45) is 5.12. The van der Waals surface area contributed by atoms with Crippen molar-refractivity contribution in [3.8, 4) is 5.75 Å². The summed E-state index contributed by atoms with van der Waals surface area (Å²) in [4.78, 5) is 0. The number of halogens is 1. The summed E-state index contributed by atoms with van der Waals surface area (Å²) >= 11 is 6.01. The van der Waals surface area contributed by atoms with Crippen LogP contribution in [0.1, 0.15) is 37.2 Å². The van der Waals surface area contributed by atoms with Gasteiger partial charge in [0.15, 0.2) is 0 Å². The molecule has 2 atom stereocenters. The Hall–Kier alpha value is -0.730. The summed E-state index contributed by atoms with van der Waals surface area (Å²) in [7, 11) is 1.73. The molecule has 2 unspecified atom stereocenters. The van der Waals surface area contributed by atoms with Gasteiger partial charge in [0.2, 0.25) is 0 Å². The molecule has 2 fully saturated rings. The summed E-state index contributed by atoms with van der Waals surface area (Å²) in [6.45, 7) is 0. The van der Waals surface area contributed by atoms with Crippen LogP contribution in [0.5, 0.6) is 5.75 Å². The van der Waals surface area contributed by atoms with Crippen molar-refractivity contribution in [2.24, 2.45) is 0 Å². The van der Waals surface area contributed by atoms with Gasteiger partial charge < -0.3 is 10.1 Å². The lowest BCUT2D eigenvalue weighted by atomic mass is 9.86. The number of hydrogen-bond acceptors (Lipinski definition) is 2. The Morgan fingerprint density at radius 3 is 2.59 bits per heavy atom. The predicted octanol–water partition coefficient (Wildman–Crippen LogP) is 3.35. The van der Waals surface area contributed by atoms with Crippen LogP contribution in [0.25, 0.3) is 0 Å². The molecule has 0 amide bonds. The number of rotatable bonds is 2. The molecule has 0 spiro atoms. The van der Waals surface area contributed by atoms with E-state index in [1.165, 1.54) is 31.2 Å². The molecule has 92 valence electrons. The summed E-state index contributed by atoms with van der Waals surface area (Å²) < 4.78 is 5.47. The minimum atomic E-state index is 0.626. The van der Waals surface area contributed by atoms with Crippen LogP contribution in [0.2, 0.25) is 5.02 Å². The molecule has 0 aromatic heterocycles. The Morgan fingerprint density at radius 2 is 1.94 bits per heavy atom. The van der Waals surface area contributed by atoms with Crippen LogP contribution in [-0.4, -0.2) is 19.2 Å². The molecule has 2 nitrogen and oxygen atoms in total. The van der Waals surface area contributed by atoms with Crippen molar-refractivity contribution >= 4 is 11.6 Å². The summed E-state index contributed by atoms with van der Waals surface area (Å²) in [5.41, 5.74) is 1.33. The van der Waals surface area contributed by atoms with Gasteiger partial charge in [-0.25, -0.2) is 0 Å². The van der Waals surface area contributed by atoms with Crippen LogP contribution in [-0.2, 0) is 0 Å². The summed E-state index contributed by atoms with van der Waals surface area (Å²) in [6, 6.07) is 7.46. The first-order valence-electron chi connectivity index (χ1n) is 6.35. The van der Waals surface area contributed by atoms with Gasteiger partial charge in [0.05, 0.1) is 7.11 Å². The van der Waals surface area contributed by atoms with Gasteiger partial charge in [0, 0.05) is 17.1 Å². The van der Waals surface area contributed by atoms with E-state index in [9.17, 15) is 0 Å². The molecule has 2 aliphatic heterocycles. The SMILES string of the molecule is COc1cc(Cl)ccc1C1CC2CCC(C1)N2. The minimum Gasteiger partial charge on any atom is -0.496 e. The number of ether oxygens (including phenoxy) is 1. The number of benzene rings is 1. The second-order valence-corrected chi connectivity index (χ2v) is 5.63. The fourth-order valence-electron chi connectivity index (χ4n) is 3.33.